The molecule has 1 saturated heterocycles. The topological polar surface area (TPSA) is 79.3 Å². The molecule has 1 N–H and O–H groups in total. The maximum absolute atomic E-state index is 13.5. The number of hydrogen-bond donors (Lipinski definition) is 1. The third-order valence-corrected chi connectivity index (χ3v) is 7.16. The van der Waals surface area contributed by atoms with Crippen molar-refractivity contribution in [2.75, 3.05) is 37.1 Å². The van der Waals surface area contributed by atoms with E-state index in [0.29, 0.717) is 16.3 Å². The molecule has 0 saturated carbocycles. The first-order valence-corrected chi connectivity index (χ1v) is 12.8. The van der Waals surface area contributed by atoms with Gasteiger partial charge in [0, 0.05) is 35.6 Å². The number of aliphatic hydroxyl groups excluding tert-OH is 1. The summed E-state index contributed by atoms with van der Waals surface area (Å²) in [5, 5.41) is 12.3. The summed E-state index contributed by atoms with van der Waals surface area (Å²) in [4.78, 5) is 30.5. The Bertz CT molecular complexity index is 1380. The first kappa shape index (κ1) is 27.4. The van der Waals surface area contributed by atoms with E-state index in [9.17, 15) is 14.7 Å². The molecule has 1 amide bonds. The van der Waals surface area contributed by atoms with Crippen LogP contribution in [-0.2, 0) is 9.59 Å². The zero-order valence-electron chi connectivity index (χ0n) is 21.5. The number of Topliss-reactive ketones (excluding diaryl/α,β-unsaturated/α-hetero) is 1. The summed E-state index contributed by atoms with van der Waals surface area (Å²) < 4.78 is 10.8. The van der Waals surface area contributed by atoms with Gasteiger partial charge in [0.05, 0.1) is 36.4 Å². The van der Waals surface area contributed by atoms with Crippen LogP contribution in [0.25, 0.3) is 5.76 Å². The summed E-state index contributed by atoms with van der Waals surface area (Å²) >= 11 is 12.3. The van der Waals surface area contributed by atoms with Gasteiger partial charge < -0.3 is 19.5 Å². The van der Waals surface area contributed by atoms with Gasteiger partial charge >= 0.3 is 0 Å². The summed E-state index contributed by atoms with van der Waals surface area (Å²) in [7, 11) is 2.86. The zero-order chi connectivity index (χ0) is 27.6. The molecular weight excluding hydrogens is 527 g/mol. The summed E-state index contributed by atoms with van der Waals surface area (Å²) in [5.41, 5.74) is 2.22. The van der Waals surface area contributed by atoms with Crippen LogP contribution in [0, 0.1) is 0 Å². The number of carbonyl (C=O) groups is 2. The molecule has 7 nitrogen and oxygen atoms in total. The van der Waals surface area contributed by atoms with Gasteiger partial charge in [0.2, 0.25) is 0 Å². The SMILES string of the molecule is CCN(CC)c1ccc(C2/C(=C(\O)c3cc(OC)c(Cl)cc3OC)C(=O)C(=O)N2c2ccc(Cl)cc2)cc1. The average Bonchev–Trinajstić information content (AvgIpc) is 3.19. The molecule has 198 valence electrons. The Morgan fingerprint density at radius 1 is 0.921 bits per heavy atom. The molecule has 0 aliphatic carbocycles. The molecule has 1 atom stereocenters. The van der Waals surface area contributed by atoms with Crippen molar-refractivity contribution < 1.29 is 24.2 Å². The first-order chi connectivity index (χ1) is 18.2. The Balaban J connectivity index is 1.95. The van der Waals surface area contributed by atoms with E-state index in [1.165, 1.54) is 31.3 Å². The van der Waals surface area contributed by atoms with Crippen LogP contribution in [0.5, 0.6) is 11.5 Å². The predicted molar refractivity (Wildman–Crippen MR) is 151 cm³/mol. The van der Waals surface area contributed by atoms with Crippen molar-refractivity contribution in [1.29, 1.82) is 0 Å². The largest absolute Gasteiger partial charge is 0.507 e. The minimum Gasteiger partial charge on any atom is -0.507 e. The molecule has 3 aromatic carbocycles. The highest BCUT2D eigenvalue weighted by molar-refractivity contribution is 6.51. The Morgan fingerprint density at radius 3 is 2.08 bits per heavy atom. The van der Waals surface area contributed by atoms with Gasteiger partial charge in [-0.15, -0.1) is 0 Å². The van der Waals surface area contributed by atoms with Crippen molar-refractivity contribution in [3.8, 4) is 11.5 Å². The van der Waals surface area contributed by atoms with Gasteiger partial charge in [-0.3, -0.25) is 14.5 Å². The number of nitrogens with zero attached hydrogens (tertiary/aromatic N) is 2. The van der Waals surface area contributed by atoms with Crippen LogP contribution in [0.1, 0.15) is 31.0 Å². The Kier molecular flexibility index (Phi) is 8.19. The number of hydrogen-bond acceptors (Lipinski definition) is 6. The van der Waals surface area contributed by atoms with E-state index in [2.05, 4.69) is 18.7 Å². The maximum atomic E-state index is 13.5. The number of halogens is 2. The highest BCUT2D eigenvalue weighted by atomic mass is 35.5. The van der Waals surface area contributed by atoms with E-state index >= 15 is 0 Å². The molecule has 1 aliphatic rings. The highest BCUT2D eigenvalue weighted by Gasteiger charge is 2.47. The third kappa shape index (κ3) is 4.91. The lowest BCUT2D eigenvalue weighted by molar-refractivity contribution is -0.132. The lowest BCUT2D eigenvalue weighted by atomic mass is 9.94. The number of methoxy groups -OCH3 is 2. The summed E-state index contributed by atoms with van der Waals surface area (Å²) in [6.45, 7) is 5.80. The molecule has 0 radical (unpaired) electrons. The second-order valence-electron chi connectivity index (χ2n) is 8.60. The van der Waals surface area contributed by atoms with E-state index in [1.54, 1.807) is 24.3 Å². The number of carbonyl (C=O) groups excluding carboxylic acids is 2. The number of benzene rings is 3. The normalized spacial score (nSPS) is 16.6. The predicted octanol–water partition coefficient (Wildman–Crippen LogP) is 6.48. The molecule has 0 bridgehead atoms. The van der Waals surface area contributed by atoms with Gasteiger partial charge in [-0.2, -0.15) is 0 Å². The Hall–Kier alpha value is -3.68. The molecule has 3 aromatic rings. The Morgan fingerprint density at radius 2 is 1.53 bits per heavy atom. The van der Waals surface area contributed by atoms with Crippen LogP contribution in [0.15, 0.2) is 66.2 Å². The fraction of sp³-hybridized carbons (Fsp3) is 0.241. The molecule has 1 heterocycles. The van der Waals surface area contributed by atoms with Gasteiger partial charge in [0.25, 0.3) is 11.7 Å². The van der Waals surface area contributed by atoms with Gasteiger partial charge in [-0.05, 0) is 61.9 Å². The molecule has 1 fully saturated rings. The minimum absolute atomic E-state index is 0.0804. The van der Waals surface area contributed by atoms with Crippen molar-refractivity contribution >= 4 is 52.0 Å². The molecule has 38 heavy (non-hydrogen) atoms. The molecule has 0 spiro atoms. The van der Waals surface area contributed by atoms with Crippen molar-refractivity contribution in [3.63, 3.8) is 0 Å². The maximum Gasteiger partial charge on any atom is 0.300 e. The summed E-state index contributed by atoms with van der Waals surface area (Å²) in [6, 6.07) is 16.3. The number of amides is 1. The minimum atomic E-state index is -0.909. The van der Waals surface area contributed by atoms with E-state index in [4.69, 9.17) is 32.7 Å². The van der Waals surface area contributed by atoms with Crippen molar-refractivity contribution in [2.24, 2.45) is 0 Å². The summed E-state index contributed by atoms with van der Waals surface area (Å²) in [6.07, 6.45) is 0. The van der Waals surface area contributed by atoms with Crippen LogP contribution in [-0.4, -0.2) is 44.1 Å². The fourth-order valence-corrected chi connectivity index (χ4v) is 5.02. The van der Waals surface area contributed by atoms with Gasteiger partial charge in [-0.25, -0.2) is 0 Å². The molecule has 1 aliphatic heterocycles. The zero-order valence-corrected chi connectivity index (χ0v) is 23.0. The lowest BCUT2D eigenvalue weighted by Crippen LogP contribution is -2.29. The van der Waals surface area contributed by atoms with Crippen LogP contribution >= 0.6 is 23.2 Å². The molecule has 4 rings (SSSR count). The molecule has 1 unspecified atom stereocenters. The van der Waals surface area contributed by atoms with Crippen molar-refractivity contribution in [3.05, 3.63) is 87.4 Å². The smallest absolute Gasteiger partial charge is 0.300 e. The monoisotopic (exact) mass is 554 g/mol. The third-order valence-electron chi connectivity index (χ3n) is 6.62. The van der Waals surface area contributed by atoms with E-state index in [1.807, 2.05) is 24.3 Å². The molecule has 0 aromatic heterocycles. The van der Waals surface area contributed by atoms with Crippen LogP contribution in [0.4, 0.5) is 11.4 Å². The lowest BCUT2D eigenvalue weighted by Gasteiger charge is -2.27. The Labute approximate surface area is 231 Å². The van der Waals surface area contributed by atoms with Gasteiger partial charge in [-0.1, -0.05) is 35.3 Å². The van der Waals surface area contributed by atoms with Crippen LogP contribution in [0.2, 0.25) is 10.0 Å². The first-order valence-electron chi connectivity index (χ1n) is 12.1. The highest BCUT2D eigenvalue weighted by Crippen LogP contribution is 2.45. The number of anilines is 2. The second kappa shape index (κ2) is 11.4. The number of ketones is 1. The standard InChI is InChI=1S/C29H28Cl2N2O5/c1-5-32(6-2)19-11-7-17(8-12-19)26-25(27(34)21-15-24(38-4)22(31)16-23(21)37-3)28(35)29(36)33(26)20-13-9-18(30)10-14-20/h7-16,26,34H,5-6H2,1-4H3/b27-25+. The van der Waals surface area contributed by atoms with E-state index in [0.717, 1.165) is 18.8 Å². The molecular formula is C29H28Cl2N2O5. The second-order valence-corrected chi connectivity index (χ2v) is 9.44. The number of rotatable bonds is 8. The van der Waals surface area contributed by atoms with E-state index in [-0.39, 0.29) is 27.7 Å². The van der Waals surface area contributed by atoms with Gasteiger partial charge in [0.15, 0.2) is 0 Å². The fourth-order valence-electron chi connectivity index (χ4n) is 4.66. The number of aliphatic hydroxyl groups is 1. The number of ether oxygens (including phenoxy) is 2. The quantitative estimate of drug-likeness (QED) is 0.195. The molecule has 9 heteroatoms. The van der Waals surface area contributed by atoms with Crippen molar-refractivity contribution in [1.82, 2.24) is 0 Å². The van der Waals surface area contributed by atoms with E-state index < -0.39 is 23.5 Å². The average molecular weight is 555 g/mol. The summed E-state index contributed by atoms with van der Waals surface area (Å²) in [5.74, 6) is -1.50. The van der Waals surface area contributed by atoms with Crippen LogP contribution in [0.3, 0.4) is 0 Å². The van der Waals surface area contributed by atoms with Crippen LogP contribution < -0.4 is 19.3 Å². The van der Waals surface area contributed by atoms with Crippen molar-refractivity contribution in [2.45, 2.75) is 19.9 Å². The van der Waals surface area contributed by atoms with Gasteiger partial charge in [0.1, 0.15) is 17.3 Å².